The van der Waals surface area contributed by atoms with E-state index in [4.69, 9.17) is 0 Å². The van der Waals surface area contributed by atoms with Crippen LogP contribution >= 0.6 is 0 Å². The van der Waals surface area contributed by atoms with E-state index >= 15 is 5.21 Å². The van der Waals surface area contributed by atoms with Gasteiger partial charge >= 0.3 is 0 Å². The maximum atomic E-state index is 15.3. The number of quaternary nitrogens is 1. The topological polar surface area (TPSA) is 62.1 Å². The minimum atomic E-state index is -0.442. The summed E-state index contributed by atoms with van der Waals surface area (Å²) >= 11 is 0. The molecule has 228 valence electrons. The molecule has 8 rings (SSSR count). The fourth-order valence-corrected chi connectivity index (χ4v) is 7.54. The highest BCUT2D eigenvalue weighted by atomic mass is 16.6. The Labute approximate surface area is 275 Å². The van der Waals surface area contributed by atoms with E-state index in [1.807, 2.05) is 48.5 Å². The first-order chi connectivity index (χ1) is 23.1. The molecule has 3 atom stereocenters. The number of hydroxylamine groups is 1. The zero-order valence-electron chi connectivity index (χ0n) is 26.0. The van der Waals surface area contributed by atoms with Gasteiger partial charge in [-0.25, -0.2) is 0 Å². The summed E-state index contributed by atoms with van der Waals surface area (Å²) in [6.07, 6.45) is 0.812. The zero-order chi connectivity index (χ0) is 31.8. The van der Waals surface area contributed by atoms with Crippen LogP contribution in [0.25, 0.3) is 22.3 Å². The number of nitriles is 1. The SMILES string of the molecule is N#Cc1ccccc1-c1ccc(-c2ccc([N+]3([O-])c4ccc(N(c5ccccc5)c5ccccc5)cc4C4CNCCC43)cc2)cc1. The van der Waals surface area contributed by atoms with Crippen molar-refractivity contribution in [3.05, 3.63) is 168 Å². The molecular formula is C42H34N4O. The molecule has 2 aliphatic heterocycles. The number of anilines is 3. The van der Waals surface area contributed by atoms with Gasteiger partial charge in [0.25, 0.3) is 0 Å². The molecule has 0 radical (unpaired) electrons. The van der Waals surface area contributed by atoms with E-state index in [1.165, 1.54) is 0 Å². The molecule has 0 aromatic heterocycles. The number of hydrogen-bond donors (Lipinski definition) is 1. The van der Waals surface area contributed by atoms with E-state index in [0.29, 0.717) is 5.56 Å². The number of nitrogens with zero attached hydrogens (tertiary/aromatic N) is 3. The van der Waals surface area contributed by atoms with Crippen LogP contribution in [0.1, 0.15) is 23.5 Å². The van der Waals surface area contributed by atoms with Crippen molar-refractivity contribution in [3.8, 4) is 28.3 Å². The lowest BCUT2D eigenvalue weighted by Crippen LogP contribution is -2.51. The smallest absolute Gasteiger partial charge is 0.142 e. The predicted octanol–water partition coefficient (Wildman–Crippen LogP) is 9.96. The highest BCUT2D eigenvalue weighted by Gasteiger charge is 2.50. The first-order valence-corrected chi connectivity index (χ1v) is 16.2. The first kappa shape index (κ1) is 28.9. The molecule has 0 bridgehead atoms. The molecule has 3 unspecified atom stereocenters. The van der Waals surface area contributed by atoms with Crippen LogP contribution in [0.4, 0.5) is 28.4 Å². The maximum Gasteiger partial charge on any atom is 0.142 e. The van der Waals surface area contributed by atoms with Crippen LogP contribution in [0.2, 0.25) is 0 Å². The number of nitrogens with one attached hydrogen (secondary N) is 1. The number of benzene rings is 6. The van der Waals surface area contributed by atoms with Crippen LogP contribution in [0.15, 0.2) is 152 Å². The Balaban J connectivity index is 1.15. The molecule has 2 aliphatic rings. The van der Waals surface area contributed by atoms with E-state index in [-0.39, 0.29) is 12.0 Å². The Morgan fingerprint density at radius 3 is 1.91 bits per heavy atom. The van der Waals surface area contributed by atoms with E-state index in [2.05, 4.69) is 119 Å². The van der Waals surface area contributed by atoms with Crippen LogP contribution < -0.4 is 14.9 Å². The van der Waals surface area contributed by atoms with Gasteiger partial charge in [0.15, 0.2) is 0 Å². The second-order valence-electron chi connectivity index (χ2n) is 12.4. The van der Waals surface area contributed by atoms with Crippen molar-refractivity contribution in [1.29, 1.82) is 5.26 Å². The van der Waals surface area contributed by atoms with Gasteiger partial charge < -0.3 is 15.4 Å². The second kappa shape index (κ2) is 12.0. The molecule has 2 heterocycles. The molecule has 5 heteroatoms. The van der Waals surface area contributed by atoms with Gasteiger partial charge in [-0.05, 0) is 76.9 Å². The molecule has 1 N–H and O–H groups in total. The normalized spacial score (nSPS) is 19.7. The molecule has 0 saturated carbocycles. The first-order valence-electron chi connectivity index (χ1n) is 16.2. The van der Waals surface area contributed by atoms with Crippen molar-refractivity contribution in [1.82, 2.24) is 9.96 Å². The predicted molar refractivity (Wildman–Crippen MR) is 192 cm³/mol. The van der Waals surface area contributed by atoms with Crippen LogP contribution in [-0.4, -0.2) is 19.1 Å². The molecule has 0 amide bonds. The standard InChI is InChI=1S/C42H34N4O/c43-28-33-9-7-8-14-38(33)32-17-15-30(16-18-32)31-19-22-37(23-20-31)46(47)41-24-21-36(27-39(41)40-29-44-26-25-42(40)46)45(34-10-3-1-4-11-34)35-12-5-2-6-13-35/h1-24,27,40,42,44H,25-26,29H2. The largest absolute Gasteiger partial charge is 0.622 e. The Bertz CT molecular complexity index is 2030. The van der Waals surface area contributed by atoms with Crippen molar-refractivity contribution in [3.63, 3.8) is 0 Å². The van der Waals surface area contributed by atoms with Crippen molar-refractivity contribution in [2.75, 3.05) is 18.0 Å². The lowest BCUT2D eigenvalue weighted by molar-refractivity contribution is 0.291. The summed E-state index contributed by atoms with van der Waals surface area (Å²) in [6, 6.07) is 53.6. The van der Waals surface area contributed by atoms with Gasteiger partial charge in [-0.1, -0.05) is 78.9 Å². The van der Waals surface area contributed by atoms with Gasteiger partial charge in [-0.2, -0.15) is 5.26 Å². The minimum absolute atomic E-state index is 0.0891. The van der Waals surface area contributed by atoms with Crippen LogP contribution in [0.5, 0.6) is 0 Å². The van der Waals surface area contributed by atoms with E-state index in [0.717, 1.165) is 75.8 Å². The summed E-state index contributed by atoms with van der Waals surface area (Å²) in [5.74, 6) is 0.119. The summed E-state index contributed by atoms with van der Waals surface area (Å²) in [6.45, 7) is 1.63. The number of fused-ring (bicyclic) bond motifs is 3. The van der Waals surface area contributed by atoms with Crippen molar-refractivity contribution in [2.45, 2.75) is 18.4 Å². The molecule has 6 aromatic rings. The number of rotatable bonds is 6. The van der Waals surface area contributed by atoms with E-state index in [9.17, 15) is 5.26 Å². The van der Waals surface area contributed by atoms with E-state index < -0.39 is 4.65 Å². The fourth-order valence-electron chi connectivity index (χ4n) is 7.54. The van der Waals surface area contributed by atoms with Gasteiger partial charge in [-0.15, -0.1) is 0 Å². The lowest BCUT2D eigenvalue weighted by Gasteiger charge is -2.46. The highest BCUT2D eigenvalue weighted by Crippen LogP contribution is 2.54. The molecule has 1 fully saturated rings. The van der Waals surface area contributed by atoms with Gasteiger partial charge in [0.2, 0.25) is 0 Å². The number of piperidine rings is 1. The van der Waals surface area contributed by atoms with Gasteiger partial charge in [0.05, 0.1) is 17.6 Å². The lowest BCUT2D eigenvalue weighted by atomic mass is 9.89. The third-order valence-corrected chi connectivity index (χ3v) is 9.80. The molecule has 47 heavy (non-hydrogen) atoms. The molecule has 6 aromatic carbocycles. The molecule has 1 saturated heterocycles. The third kappa shape index (κ3) is 5.00. The van der Waals surface area contributed by atoms with Crippen molar-refractivity contribution >= 4 is 28.4 Å². The third-order valence-electron chi connectivity index (χ3n) is 9.80. The average Bonchev–Trinajstić information content (AvgIpc) is 3.41. The quantitative estimate of drug-likeness (QED) is 0.151. The zero-order valence-corrected chi connectivity index (χ0v) is 26.0. The minimum Gasteiger partial charge on any atom is -0.622 e. The van der Waals surface area contributed by atoms with Crippen LogP contribution in [-0.2, 0) is 0 Å². The van der Waals surface area contributed by atoms with Crippen LogP contribution in [0, 0.1) is 16.5 Å². The van der Waals surface area contributed by atoms with E-state index in [1.54, 1.807) is 0 Å². The maximum absolute atomic E-state index is 15.3. The Hall–Kier alpha value is -5.51. The second-order valence-corrected chi connectivity index (χ2v) is 12.4. The Morgan fingerprint density at radius 1 is 0.660 bits per heavy atom. The fraction of sp³-hybridized carbons (Fsp3) is 0.119. The molecule has 0 aliphatic carbocycles. The van der Waals surface area contributed by atoms with Crippen molar-refractivity contribution < 1.29 is 0 Å². The molecular weight excluding hydrogens is 576 g/mol. The highest BCUT2D eigenvalue weighted by molar-refractivity contribution is 5.81. The van der Waals surface area contributed by atoms with Gasteiger partial charge in [0, 0.05) is 60.3 Å². The van der Waals surface area contributed by atoms with Gasteiger partial charge in [0.1, 0.15) is 17.4 Å². The monoisotopic (exact) mass is 610 g/mol. The number of para-hydroxylation sites is 2. The Morgan fingerprint density at radius 2 is 1.26 bits per heavy atom. The van der Waals surface area contributed by atoms with Crippen molar-refractivity contribution in [2.24, 2.45) is 0 Å². The molecule has 5 nitrogen and oxygen atoms in total. The summed E-state index contributed by atoms with van der Waals surface area (Å²) in [4.78, 5) is 2.27. The average molecular weight is 611 g/mol. The van der Waals surface area contributed by atoms with Gasteiger partial charge in [-0.3, -0.25) is 4.65 Å². The van der Waals surface area contributed by atoms with Crippen LogP contribution in [0.3, 0.4) is 0 Å². The molecule has 0 spiro atoms. The summed E-state index contributed by atoms with van der Waals surface area (Å²) in [5, 5.41) is 28.4. The summed E-state index contributed by atoms with van der Waals surface area (Å²) < 4.78 is -0.442. The summed E-state index contributed by atoms with van der Waals surface area (Å²) in [7, 11) is 0. The summed E-state index contributed by atoms with van der Waals surface area (Å²) in [5.41, 5.74) is 10.7. The Kier molecular flexibility index (Phi) is 7.40. The number of hydrogen-bond acceptors (Lipinski definition) is 4.